The standard InChI is InChI=1S/C9H24N2O2Si/c1-4-8-14(12-2,13-3)9-7-11-6-5-10/h11H,4-10H2,1-3H3. The molecule has 0 saturated heterocycles. The van der Waals surface area contributed by atoms with E-state index >= 15 is 0 Å². The molecule has 0 aliphatic heterocycles. The Balaban J connectivity index is 3.82. The van der Waals surface area contributed by atoms with Crippen LogP contribution in [0.15, 0.2) is 0 Å². The highest BCUT2D eigenvalue weighted by molar-refractivity contribution is 6.67. The third-order valence-corrected chi connectivity index (χ3v) is 6.14. The molecule has 0 unspecified atom stereocenters. The molecule has 0 rings (SSSR count). The van der Waals surface area contributed by atoms with Crippen molar-refractivity contribution in [3.05, 3.63) is 0 Å². The smallest absolute Gasteiger partial charge is 0.338 e. The Kier molecular flexibility index (Phi) is 8.41. The van der Waals surface area contributed by atoms with Crippen LogP contribution < -0.4 is 11.1 Å². The molecule has 0 aromatic carbocycles. The first kappa shape index (κ1) is 14.1. The van der Waals surface area contributed by atoms with Crippen molar-refractivity contribution in [3.8, 4) is 0 Å². The van der Waals surface area contributed by atoms with Crippen molar-refractivity contribution in [1.29, 1.82) is 0 Å². The highest BCUT2D eigenvalue weighted by atomic mass is 28.4. The Morgan fingerprint density at radius 1 is 1.14 bits per heavy atom. The molecule has 3 N–H and O–H groups in total. The summed E-state index contributed by atoms with van der Waals surface area (Å²) in [6.45, 7) is 4.64. The summed E-state index contributed by atoms with van der Waals surface area (Å²) in [6, 6.07) is 2.05. The van der Waals surface area contributed by atoms with Gasteiger partial charge in [0.2, 0.25) is 0 Å². The maximum absolute atomic E-state index is 5.55. The lowest BCUT2D eigenvalue weighted by atomic mass is 10.6. The van der Waals surface area contributed by atoms with Crippen molar-refractivity contribution in [1.82, 2.24) is 5.32 Å². The van der Waals surface area contributed by atoms with Crippen LogP contribution in [0.4, 0.5) is 0 Å². The molecule has 0 aromatic rings. The van der Waals surface area contributed by atoms with Gasteiger partial charge in [0.25, 0.3) is 0 Å². The number of nitrogens with one attached hydrogen (secondary N) is 1. The Hall–Kier alpha value is 0.0569. The molecule has 0 saturated carbocycles. The van der Waals surface area contributed by atoms with Crippen molar-refractivity contribution in [3.63, 3.8) is 0 Å². The highest BCUT2D eigenvalue weighted by Crippen LogP contribution is 2.18. The minimum atomic E-state index is -1.90. The predicted octanol–water partition coefficient (Wildman–Crippen LogP) is 0.680. The fourth-order valence-electron chi connectivity index (χ4n) is 1.50. The van der Waals surface area contributed by atoms with Crippen molar-refractivity contribution < 1.29 is 8.85 Å². The Bertz CT molecular complexity index is 132. The second-order valence-corrected chi connectivity index (χ2v) is 7.00. The molecule has 14 heavy (non-hydrogen) atoms. The van der Waals surface area contributed by atoms with E-state index in [-0.39, 0.29) is 0 Å². The van der Waals surface area contributed by atoms with Gasteiger partial charge in [-0.15, -0.1) is 0 Å². The number of hydrogen-bond donors (Lipinski definition) is 2. The summed E-state index contributed by atoms with van der Waals surface area (Å²) in [7, 11) is 1.62. The lowest BCUT2D eigenvalue weighted by Gasteiger charge is -2.27. The molecule has 0 heterocycles. The SMILES string of the molecule is CCC[Si](CCNCCN)(OC)OC. The normalized spacial score (nSPS) is 12.0. The zero-order chi connectivity index (χ0) is 10.9. The maximum atomic E-state index is 5.55. The van der Waals surface area contributed by atoms with Gasteiger partial charge in [0, 0.05) is 33.4 Å². The van der Waals surface area contributed by atoms with Gasteiger partial charge >= 0.3 is 8.56 Å². The van der Waals surface area contributed by atoms with Crippen molar-refractivity contribution in [2.24, 2.45) is 5.73 Å². The molecule has 0 spiro atoms. The van der Waals surface area contributed by atoms with Crippen LogP contribution in [0.25, 0.3) is 0 Å². The van der Waals surface area contributed by atoms with E-state index in [0.717, 1.165) is 31.6 Å². The van der Waals surface area contributed by atoms with Gasteiger partial charge < -0.3 is 19.9 Å². The molecule has 86 valence electrons. The summed E-state index contributed by atoms with van der Waals surface area (Å²) in [5, 5.41) is 3.27. The first-order valence-corrected chi connectivity index (χ1v) is 7.49. The maximum Gasteiger partial charge on any atom is 0.338 e. The second-order valence-electron chi connectivity index (χ2n) is 3.36. The van der Waals surface area contributed by atoms with E-state index in [0.29, 0.717) is 6.54 Å². The second kappa shape index (κ2) is 8.37. The molecule has 0 amide bonds. The molecule has 0 aliphatic carbocycles. The molecular weight excluding hydrogens is 196 g/mol. The first-order chi connectivity index (χ1) is 6.74. The first-order valence-electron chi connectivity index (χ1n) is 5.25. The van der Waals surface area contributed by atoms with E-state index in [1.807, 2.05) is 0 Å². The lowest BCUT2D eigenvalue weighted by Crippen LogP contribution is -2.42. The number of nitrogens with two attached hydrogens (primary N) is 1. The van der Waals surface area contributed by atoms with Gasteiger partial charge in [-0.25, -0.2) is 0 Å². The third kappa shape index (κ3) is 5.07. The molecule has 0 bridgehead atoms. The van der Waals surface area contributed by atoms with Gasteiger partial charge in [0.15, 0.2) is 0 Å². The molecular formula is C9H24N2O2Si. The minimum absolute atomic E-state index is 0.683. The van der Waals surface area contributed by atoms with Crippen LogP contribution >= 0.6 is 0 Å². The molecule has 4 nitrogen and oxygen atoms in total. The van der Waals surface area contributed by atoms with E-state index in [1.54, 1.807) is 14.2 Å². The summed E-state index contributed by atoms with van der Waals surface area (Å²) in [5.74, 6) is 0. The summed E-state index contributed by atoms with van der Waals surface area (Å²) in [5.41, 5.74) is 5.39. The molecule has 0 radical (unpaired) electrons. The zero-order valence-corrected chi connectivity index (χ0v) is 10.6. The van der Waals surface area contributed by atoms with Gasteiger partial charge in [0.05, 0.1) is 0 Å². The summed E-state index contributed by atoms with van der Waals surface area (Å²) < 4.78 is 11.1. The van der Waals surface area contributed by atoms with Crippen LogP contribution in [0, 0.1) is 0 Å². The molecule has 0 aromatic heterocycles. The summed E-state index contributed by atoms with van der Waals surface area (Å²) >= 11 is 0. The van der Waals surface area contributed by atoms with E-state index < -0.39 is 8.56 Å². The van der Waals surface area contributed by atoms with Gasteiger partial charge in [-0.3, -0.25) is 0 Å². The van der Waals surface area contributed by atoms with Crippen LogP contribution in [0.2, 0.25) is 12.1 Å². The Morgan fingerprint density at radius 3 is 2.21 bits per heavy atom. The molecule has 0 fully saturated rings. The van der Waals surface area contributed by atoms with E-state index in [1.165, 1.54) is 0 Å². The quantitative estimate of drug-likeness (QED) is 0.443. The van der Waals surface area contributed by atoms with Gasteiger partial charge in [-0.2, -0.15) is 0 Å². The third-order valence-electron chi connectivity index (χ3n) is 2.38. The van der Waals surface area contributed by atoms with Crippen molar-refractivity contribution in [2.45, 2.75) is 25.4 Å². The average molecular weight is 220 g/mol. The van der Waals surface area contributed by atoms with Crippen LogP contribution in [-0.4, -0.2) is 42.4 Å². The highest BCUT2D eigenvalue weighted by Gasteiger charge is 2.33. The van der Waals surface area contributed by atoms with E-state index in [9.17, 15) is 0 Å². The molecule has 0 aliphatic rings. The Morgan fingerprint density at radius 2 is 1.79 bits per heavy atom. The fraction of sp³-hybridized carbons (Fsp3) is 1.00. The van der Waals surface area contributed by atoms with Crippen LogP contribution in [0.5, 0.6) is 0 Å². The van der Waals surface area contributed by atoms with Crippen LogP contribution in [-0.2, 0) is 8.85 Å². The fourth-order valence-corrected chi connectivity index (χ4v) is 4.06. The van der Waals surface area contributed by atoms with E-state index in [2.05, 4.69) is 12.2 Å². The van der Waals surface area contributed by atoms with Gasteiger partial charge in [0.1, 0.15) is 0 Å². The van der Waals surface area contributed by atoms with Gasteiger partial charge in [-0.05, 0) is 12.6 Å². The largest absolute Gasteiger partial charge is 0.398 e. The predicted molar refractivity (Wildman–Crippen MR) is 61.6 cm³/mol. The van der Waals surface area contributed by atoms with E-state index in [4.69, 9.17) is 14.6 Å². The monoisotopic (exact) mass is 220 g/mol. The average Bonchev–Trinajstić information content (AvgIpc) is 2.23. The Labute approximate surface area is 88.4 Å². The molecule has 0 atom stereocenters. The summed E-state index contributed by atoms with van der Waals surface area (Å²) in [6.07, 6.45) is 1.12. The van der Waals surface area contributed by atoms with Crippen molar-refractivity contribution in [2.75, 3.05) is 33.9 Å². The summed E-state index contributed by atoms with van der Waals surface area (Å²) in [4.78, 5) is 0. The molecule has 5 heteroatoms. The van der Waals surface area contributed by atoms with Crippen LogP contribution in [0.3, 0.4) is 0 Å². The number of hydrogen-bond acceptors (Lipinski definition) is 4. The zero-order valence-electron chi connectivity index (χ0n) is 9.64. The van der Waals surface area contributed by atoms with Crippen molar-refractivity contribution >= 4 is 8.56 Å². The lowest BCUT2D eigenvalue weighted by molar-refractivity contribution is 0.240. The number of rotatable bonds is 9. The van der Waals surface area contributed by atoms with Gasteiger partial charge in [-0.1, -0.05) is 13.3 Å². The topological polar surface area (TPSA) is 56.5 Å². The van der Waals surface area contributed by atoms with Crippen LogP contribution in [0.1, 0.15) is 13.3 Å². The minimum Gasteiger partial charge on any atom is -0.398 e.